The highest BCUT2D eigenvalue weighted by Crippen LogP contribution is 2.25. The average Bonchev–Trinajstić information content (AvgIpc) is 2.93. The van der Waals surface area contributed by atoms with Crippen molar-refractivity contribution in [1.82, 2.24) is 20.2 Å². The van der Waals surface area contributed by atoms with Crippen molar-refractivity contribution in [2.45, 2.75) is 18.9 Å². The second kappa shape index (κ2) is 6.03. The summed E-state index contributed by atoms with van der Waals surface area (Å²) >= 11 is 0. The molecule has 0 aliphatic rings. The molecule has 1 aromatic carbocycles. The topological polar surface area (TPSA) is 68.8 Å². The summed E-state index contributed by atoms with van der Waals surface area (Å²) in [6.07, 6.45) is 7.62. The molecule has 21 heavy (non-hydrogen) atoms. The van der Waals surface area contributed by atoms with Gasteiger partial charge in [0.2, 0.25) is 0 Å². The van der Waals surface area contributed by atoms with Crippen LogP contribution in [0.5, 0.6) is 0 Å². The van der Waals surface area contributed by atoms with Crippen LogP contribution in [0.1, 0.15) is 23.6 Å². The Labute approximate surface area is 123 Å². The van der Waals surface area contributed by atoms with Gasteiger partial charge >= 0.3 is 0 Å². The fourth-order valence-electron chi connectivity index (χ4n) is 2.66. The molecule has 0 saturated heterocycles. The van der Waals surface area contributed by atoms with Crippen LogP contribution in [-0.2, 0) is 13.5 Å². The molecule has 2 aromatic heterocycles. The molecule has 0 fully saturated rings. The molecule has 0 aliphatic carbocycles. The number of hydrogen-bond donors (Lipinski definition) is 2. The molecule has 0 radical (unpaired) electrons. The number of hydrogen-bond acceptors (Lipinski definition) is 4. The first-order valence-electron chi connectivity index (χ1n) is 7.05. The largest absolute Gasteiger partial charge is 0.276 e. The smallest absolute Gasteiger partial charge is 0.0705 e. The van der Waals surface area contributed by atoms with Gasteiger partial charge in [-0.25, -0.2) is 0 Å². The van der Waals surface area contributed by atoms with Crippen LogP contribution in [0.3, 0.4) is 0 Å². The van der Waals surface area contributed by atoms with E-state index >= 15 is 0 Å². The molecule has 0 spiro atoms. The fraction of sp³-hybridized carbons (Fsp3) is 0.250. The number of para-hydroxylation sites is 1. The number of hydrazine groups is 1. The van der Waals surface area contributed by atoms with Crippen LogP contribution in [-0.4, -0.2) is 14.8 Å². The molecule has 0 saturated carbocycles. The van der Waals surface area contributed by atoms with Gasteiger partial charge < -0.3 is 0 Å². The van der Waals surface area contributed by atoms with E-state index in [9.17, 15) is 0 Å². The molecule has 3 N–H and O–H groups in total. The molecule has 2 heterocycles. The number of benzene rings is 1. The molecule has 3 aromatic rings. The van der Waals surface area contributed by atoms with Crippen molar-refractivity contribution >= 4 is 10.9 Å². The number of nitrogens with one attached hydrogen (secondary N) is 1. The molecular weight excluding hydrogens is 262 g/mol. The Bertz CT molecular complexity index is 729. The van der Waals surface area contributed by atoms with E-state index < -0.39 is 0 Å². The molecule has 0 amide bonds. The summed E-state index contributed by atoms with van der Waals surface area (Å²) in [5.74, 6) is 5.77. The average molecular weight is 281 g/mol. The third-order valence-electron chi connectivity index (χ3n) is 3.74. The van der Waals surface area contributed by atoms with Gasteiger partial charge in [-0.15, -0.1) is 0 Å². The van der Waals surface area contributed by atoms with Gasteiger partial charge in [0.05, 0.1) is 11.7 Å². The molecule has 3 rings (SSSR count). The fourth-order valence-corrected chi connectivity index (χ4v) is 2.66. The number of pyridine rings is 1. The third kappa shape index (κ3) is 2.94. The van der Waals surface area contributed by atoms with Crippen LogP contribution in [0.2, 0.25) is 0 Å². The van der Waals surface area contributed by atoms with Crippen LogP contribution in [0, 0.1) is 0 Å². The van der Waals surface area contributed by atoms with Crippen LogP contribution in [0.4, 0.5) is 0 Å². The first-order chi connectivity index (χ1) is 10.3. The van der Waals surface area contributed by atoms with Gasteiger partial charge in [-0.1, -0.05) is 18.2 Å². The maximum Gasteiger partial charge on any atom is 0.0705 e. The van der Waals surface area contributed by atoms with Crippen molar-refractivity contribution in [2.75, 3.05) is 0 Å². The minimum Gasteiger partial charge on any atom is -0.276 e. The summed E-state index contributed by atoms with van der Waals surface area (Å²) in [6, 6.07) is 10.3. The Balaban J connectivity index is 1.84. The SMILES string of the molecule is Cn1cc(CCC(NN)c2ccnc3ccccc23)cn1. The summed E-state index contributed by atoms with van der Waals surface area (Å²) in [6.45, 7) is 0. The predicted octanol–water partition coefficient (Wildman–Crippen LogP) is 2.11. The van der Waals surface area contributed by atoms with Crippen LogP contribution in [0.25, 0.3) is 10.9 Å². The van der Waals surface area contributed by atoms with Crippen molar-refractivity contribution in [3.8, 4) is 0 Å². The van der Waals surface area contributed by atoms with Gasteiger partial charge in [-0.3, -0.25) is 20.9 Å². The zero-order valence-corrected chi connectivity index (χ0v) is 12.0. The third-order valence-corrected chi connectivity index (χ3v) is 3.74. The second-order valence-electron chi connectivity index (χ2n) is 5.20. The molecule has 1 atom stereocenters. The van der Waals surface area contributed by atoms with Gasteiger partial charge in [0.15, 0.2) is 0 Å². The Morgan fingerprint density at radius 2 is 2.14 bits per heavy atom. The number of nitrogens with two attached hydrogens (primary N) is 1. The number of rotatable bonds is 5. The van der Waals surface area contributed by atoms with E-state index in [0.717, 1.165) is 23.7 Å². The van der Waals surface area contributed by atoms with Gasteiger partial charge in [-0.05, 0) is 36.1 Å². The maximum atomic E-state index is 5.77. The second-order valence-corrected chi connectivity index (χ2v) is 5.20. The lowest BCUT2D eigenvalue weighted by molar-refractivity contribution is 0.519. The summed E-state index contributed by atoms with van der Waals surface area (Å²) in [5.41, 5.74) is 6.34. The summed E-state index contributed by atoms with van der Waals surface area (Å²) in [7, 11) is 1.93. The van der Waals surface area contributed by atoms with Crippen LogP contribution >= 0.6 is 0 Å². The number of nitrogens with zero attached hydrogens (tertiary/aromatic N) is 3. The minimum atomic E-state index is 0.0955. The predicted molar refractivity (Wildman–Crippen MR) is 83.3 cm³/mol. The van der Waals surface area contributed by atoms with E-state index in [1.165, 1.54) is 11.1 Å². The van der Waals surface area contributed by atoms with E-state index in [4.69, 9.17) is 5.84 Å². The molecule has 5 nitrogen and oxygen atoms in total. The lowest BCUT2D eigenvalue weighted by Gasteiger charge is -2.17. The van der Waals surface area contributed by atoms with Gasteiger partial charge in [0.25, 0.3) is 0 Å². The first-order valence-corrected chi connectivity index (χ1v) is 7.05. The Morgan fingerprint density at radius 3 is 2.90 bits per heavy atom. The van der Waals surface area contributed by atoms with Gasteiger partial charge in [0, 0.05) is 30.9 Å². The van der Waals surface area contributed by atoms with Crippen LogP contribution in [0.15, 0.2) is 48.9 Å². The summed E-state index contributed by atoms with van der Waals surface area (Å²) in [5, 5.41) is 5.35. The monoisotopic (exact) mass is 281 g/mol. The van der Waals surface area contributed by atoms with E-state index in [1.54, 1.807) is 0 Å². The zero-order valence-electron chi connectivity index (χ0n) is 12.0. The zero-order chi connectivity index (χ0) is 14.7. The van der Waals surface area contributed by atoms with Crippen molar-refractivity contribution in [3.05, 3.63) is 60.0 Å². The van der Waals surface area contributed by atoms with E-state index in [1.807, 2.05) is 54.6 Å². The highest BCUT2D eigenvalue weighted by molar-refractivity contribution is 5.82. The molecular formula is C16H19N5. The Morgan fingerprint density at radius 1 is 1.29 bits per heavy atom. The summed E-state index contributed by atoms with van der Waals surface area (Å²) in [4.78, 5) is 4.40. The van der Waals surface area contributed by atoms with E-state index in [2.05, 4.69) is 21.6 Å². The normalized spacial score (nSPS) is 12.7. The minimum absolute atomic E-state index is 0.0955. The molecule has 0 aliphatic heterocycles. The molecule has 1 unspecified atom stereocenters. The van der Waals surface area contributed by atoms with Crippen LogP contribution < -0.4 is 11.3 Å². The van der Waals surface area contributed by atoms with E-state index in [0.29, 0.717) is 0 Å². The number of aryl methyl sites for hydroxylation is 2. The highest BCUT2D eigenvalue weighted by atomic mass is 15.2. The van der Waals surface area contributed by atoms with Gasteiger partial charge in [0.1, 0.15) is 0 Å². The number of aromatic nitrogens is 3. The highest BCUT2D eigenvalue weighted by Gasteiger charge is 2.13. The first kappa shape index (κ1) is 13.7. The lowest BCUT2D eigenvalue weighted by Crippen LogP contribution is -2.28. The van der Waals surface area contributed by atoms with Crippen molar-refractivity contribution in [1.29, 1.82) is 0 Å². The molecule has 108 valence electrons. The summed E-state index contributed by atoms with van der Waals surface area (Å²) < 4.78 is 1.82. The van der Waals surface area contributed by atoms with Crippen molar-refractivity contribution < 1.29 is 0 Å². The van der Waals surface area contributed by atoms with Crippen molar-refractivity contribution in [3.63, 3.8) is 0 Å². The van der Waals surface area contributed by atoms with Gasteiger partial charge in [-0.2, -0.15) is 5.10 Å². The lowest BCUT2D eigenvalue weighted by atomic mass is 9.97. The Kier molecular flexibility index (Phi) is 3.94. The van der Waals surface area contributed by atoms with Crippen molar-refractivity contribution in [2.24, 2.45) is 12.9 Å². The Hall–Kier alpha value is -2.24. The molecule has 0 bridgehead atoms. The number of fused-ring (bicyclic) bond motifs is 1. The molecule has 5 heteroatoms. The quantitative estimate of drug-likeness (QED) is 0.555. The maximum absolute atomic E-state index is 5.77. The van der Waals surface area contributed by atoms with E-state index in [-0.39, 0.29) is 6.04 Å². The standard InChI is InChI=1S/C16H19N5/c1-21-11-12(10-19-21)6-7-16(20-17)14-8-9-18-15-5-3-2-4-13(14)15/h2-5,8-11,16,20H,6-7,17H2,1H3.